The number of ether oxygens (including phenoxy) is 6. The molecule has 0 amide bonds. The molecule has 1 aromatic carbocycles. The van der Waals surface area contributed by atoms with Crippen LogP contribution >= 0.6 is 0 Å². The zero-order chi connectivity index (χ0) is 28.7. The van der Waals surface area contributed by atoms with Gasteiger partial charge < -0.3 is 34.2 Å². The highest BCUT2D eigenvalue weighted by Gasteiger charge is 2.53. The van der Waals surface area contributed by atoms with Crippen molar-refractivity contribution in [2.75, 3.05) is 12.3 Å². The van der Waals surface area contributed by atoms with Crippen molar-refractivity contribution < 1.29 is 52.4 Å². The topological polar surface area (TPSA) is 197 Å². The van der Waals surface area contributed by atoms with Crippen LogP contribution in [0.15, 0.2) is 30.5 Å². The summed E-state index contributed by atoms with van der Waals surface area (Å²) in [5.41, 5.74) is 6.40. The first kappa shape index (κ1) is 29.0. The van der Waals surface area contributed by atoms with Gasteiger partial charge in [-0.15, -0.1) is 5.10 Å². The minimum Gasteiger partial charge on any atom is -0.463 e. The van der Waals surface area contributed by atoms with Crippen molar-refractivity contribution >= 4 is 35.5 Å². The molecular weight excluding hydrogens is 520 g/mol. The molecule has 2 heterocycles. The lowest BCUT2D eigenvalue weighted by Crippen LogP contribution is -2.60. The number of esters is 5. The van der Waals surface area contributed by atoms with E-state index in [4.69, 9.17) is 34.2 Å². The summed E-state index contributed by atoms with van der Waals surface area (Å²) in [7, 11) is 0. The van der Waals surface area contributed by atoms with Crippen LogP contribution in [0.3, 0.4) is 0 Å². The largest absolute Gasteiger partial charge is 0.463 e. The summed E-state index contributed by atoms with van der Waals surface area (Å²) in [5, 5.41) is 7.92. The molecule has 39 heavy (non-hydrogen) atoms. The summed E-state index contributed by atoms with van der Waals surface area (Å²) in [4.78, 5) is 59.7. The number of nitrogens with zero attached hydrogens (tertiary/aromatic N) is 3. The molecule has 0 unspecified atom stereocenters. The van der Waals surface area contributed by atoms with Crippen molar-refractivity contribution in [3.05, 3.63) is 41.7 Å². The number of carbonyl (C=O) groups excluding carboxylic acids is 5. The van der Waals surface area contributed by atoms with E-state index in [1.807, 2.05) is 0 Å². The first-order chi connectivity index (χ1) is 18.5. The van der Waals surface area contributed by atoms with Gasteiger partial charge in [-0.1, -0.05) is 17.3 Å². The van der Waals surface area contributed by atoms with Crippen LogP contribution in [0, 0.1) is 0 Å². The number of hydrogen-bond acceptors (Lipinski definition) is 14. The molecule has 1 aromatic heterocycles. The number of nitrogen functional groups attached to an aromatic ring is 1. The Kier molecular flexibility index (Phi) is 9.54. The fraction of sp³-hybridized carbons (Fsp3) is 0.458. The van der Waals surface area contributed by atoms with Crippen molar-refractivity contribution in [3.63, 3.8) is 0 Å². The molecule has 0 radical (unpaired) electrons. The molecule has 1 aliphatic heterocycles. The van der Waals surface area contributed by atoms with Crippen LogP contribution in [0.1, 0.15) is 50.0 Å². The molecule has 2 N–H and O–H groups in total. The molecule has 2 aromatic rings. The SMILES string of the molecule is CC(=O)OC[C@H]1O[C@H](n2cc(COC(=O)c3ccccc3N)nn2)[C@@H](OC(C)=O)[C@@H](OC(C)=O)[C@@H]1OC(C)=O. The first-order valence-corrected chi connectivity index (χ1v) is 11.7. The van der Waals surface area contributed by atoms with Crippen LogP contribution in [0.25, 0.3) is 0 Å². The highest BCUT2D eigenvalue weighted by atomic mass is 16.7. The van der Waals surface area contributed by atoms with E-state index in [1.54, 1.807) is 18.2 Å². The predicted octanol–water partition coefficient (Wildman–Crippen LogP) is 0.473. The van der Waals surface area contributed by atoms with Gasteiger partial charge in [0.05, 0.1) is 11.8 Å². The van der Waals surface area contributed by atoms with Gasteiger partial charge in [-0.05, 0) is 12.1 Å². The number of carbonyl (C=O) groups is 5. The number of benzene rings is 1. The van der Waals surface area contributed by atoms with Crippen molar-refractivity contribution in [2.24, 2.45) is 0 Å². The zero-order valence-corrected chi connectivity index (χ0v) is 21.6. The molecular formula is C24H28N4O11. The molecule has 3 rings (SSSR count). The van der Waals surface area contributed by atoms with Crippen LogP contribution in [0.2, 0.25) is 0 Å². The van der Waals surface area contributed by atoms with Crippen molar-refractivity contribution in [1.82, 2.24) is 15.0 Å². The van der Waals surface area contributed by atoms with Gasteiger partial charge in [0.2, 0.25) is 0 Å². The molecule has 1 saturated heterocycles. The lowest BCUT2D eigenvalue weighted by atomic mass is 9.97. The van der Waals surface area contributed by atoms with E-state index >= 15 is 0 Å². The Labute approximate surface area is 222 Å². The van der Waals surface area contributed by atoms with Gasteiger partial charge in [-0.25, -0.2) is 9.48 Å². The maximum atomic E-state index is 12.4. The Morgan fingerprint density at radius 1 is 0.872 bits per heavy atom. The third kappa shape index (κ3) is 7.73. The zero-order valence-electron chi connectivity index (χ0n) is 21.6. The Morgan fingerprint density at radius 2 is 1.49 bits per heavy atom. The van der Waals surface area contributed by atoms with E-state index in [-0.39, 0.29) is 23.6 Å². The third-order valence-electron chi connectivity index (χ3n) is 5.32. The van der Waals surface area contributed by atoms with E-state index in [0.717, 1.165) is 25.5 Å². The molecule has 15 heteroatoms. The maximum Gasteiger partial charge on any atom is 0.340 e. The minimum atomic E-state index is -1.37. The van der Waals surface area contributed by atoms with Crippen molar-refractivity contribution in [2.45, 2.75) is 64.9 Å². The highest BCUT2D eigenvalue weighted by Crippen LogP contribution is 2.34. The lowest BCUT2D eigenvalue weighted by molar-refractivity contribution is -0.270. The molecule has 15 nitrogen and oxygen atoms in total. The molecule has 210 valence electrons. The standard InChI is InChI=1S/C24H28N4O11/c1-12(29)34-11-19-20(36-13(2)30)21(37-14(3)31)22(38-15(4)32)23(39-19)28-9-16(26-27-28)10-35-24(33)17-7-5-6-8-18(17)25/h5-9,19-23H,10-11,25H2,1-4H3/t19-,20-,21+,22+,23+/m1/s1. The fourth-order valence-electron chi connectivity index (χ4n) is 3.82. The monoisotopic (exact) mass is 548 g/mol. The van der Waals surface area contributed by atoms with E-state index < -0.39 is 67.1 Å². The van der Waals surface area contributed by atoms with Crippen LogP contribution in [-0.4, -0.2) is 75.9 Å². The molecule has 0 saturated carbocycles. The quantitative estimate of drug-likeness (QED) is 0.258. The number of anilines is 1. The third-order valence-corrected chi connectivity index (χ3v) is 5.32. The van der Waals surface area contributed by atoms with Gasteiger partial charge in [0.25, 0.3) is 0 Å². The highest BCUT2D eigenvalue weighted by molar-refractivity contribution is 5.94. The van der Waals surface area contributed by atoms with Crippen LogP contribution in [0.4, 0.5) is 5.69 Å². The summed E-state index contributed by atoms with van der Waals surface area (Å²) in [6.45, 7) is 3.83. The summed E-state index contributed by atoms with van der Waals surface area (Å²) in [6.07, 6.45) is -5.15. The molecule has 0 spiro atoms. The maximum absolute atomic E-state index is 12.4. The molecule has 0 bridgehead atoms. The van der Waals surface area contributed by atoms with Gasteiger partial charge in [0.1, 0.15) is 25.0 Å². The smallest absolute Gasteiger partial charge is 0.340 e. The second-order valence-corrected chi connectivity index (χ2v) is 8.44. The second-order valence-electron chi connectivity index (χ2n) is 8.44. The first-order valence-electron chi connectivity index (χ1n) is 11.7. The summed E-state index contributed by atoms with van der Waals surface area (Å²) in [5.74, 6) is -3.62. The van der Waals surface area contributed by atoms with Crippen LogP contribution < -0.4 is 5.73 Å². The number of para-hydroxylation sites is 1. The number of hydrogen-bond donors (Lipinski definition) is 1. The molecule has 0 aliphatic carbocycles. The predicted molar refractivity (Wildman–Crippen MR) is 127 cm³/mol. The van der Waals surface area contributed by atoms with E-state index in [1.165, 1.54) is 19.2 Å². The Morgan fingerprint density at radius 3 is 2.10 bits per heavy atom. The summed E-state index contributed by atoms with van der Waals surface area (Å²) < 4.78 is 33.6. The van der Waals surface area contributed by atoms with Crippen molar-refractivity contribution in [1.29, 1.82) is 0 Å². The normalized spacial score (nSPS) is 22.3. The van der Waals surface area contributed by atoms with Crippen LogP contribution in [0.5, 0.6) is 0 Å². The summed E-state index contributed by atoms with van der Waals surface area (Å²) in [6, 6.07) is 6.36. The van der Waals surface area contributed by atoms with Gasteiger partial charge in [-0.2, -0.15) is 0 Å². The number of rotatable bonds is 9. The average Bonchev–Trinajstić information content (AvgIpc) is 3.32. The Hall–Kier alpha value is -4.53. The number of aromatic nitrogens is 3. The number of nitrogens with two attached hydrogens (primary N) is 1. The van der Waals surface area contributed by atoms with Gasteiger partial charge >= 0.3 is 29.8 Å². The molecule has 1 aliphatic rings. The van der Waals surface area contributed by atoms with Gasteiger partial charge in [0, 0.05) is 33.4 Å². The average molecular weight is 549 g/mol. The van der Waals surface area contributed by atoms with Gasteiger partial charge in [0.15, 0.2) is 24.5 Å². The Bertz CT molecular complexity index is 1230. The summed E-state index contributed by atoms with van der Waals surface area (Å²) >= 11 is 0. The minimum absolute atomic E-state index is 0.171. The van der Waals surface area contributed by atoms with Crippen LogP contribution in [-0.2, 0) is 54.2 Å². The lowest BCUT2D eigenvalue weighted by Gasteiger charge is -2.44. The second kappa shape index (κ2) is 12.8. The van der Waals surface area contributed by atoms with E-state index in [2.05, 4.69) is 10.3 Å². The molecule has 5 atom stereocenters. The van der Waals surface area contributed by atoms with E-state index in [9.17, 15) is 24.0 Å². The molecule has 1 fully saturated rings. The van der Waals surface area contributed by atoms with E-state index in [0.29, 0.717) is 0 Å². The van der Waals surface area contributed by atoms with Gasteiger partial charge in [-0.3, -0.25) is 19.2 Å². The Balaban J connectivity index is 1.90. The van der Waals surface area contributed by atoms with Crippen molar-refractivity contribution in [3.8, 4) is 0 Å². The fourth-order valence-corrected chi connectivity index (χ4v) is 3.82.